The Morgan fingerprint density at radius 2 is 1.02 bits per heavy atom. The number of anilines is 6. The van der Waals surface area contributed by atoms with Gasteiger partial charge in [0.1, 0.15) is 19.2 Å². The molecule has 5 heteroatoms. The fraction of sp³-hybridized carbons (Fsp3) is 0.0877. The van der Waals surface area contributed by atoms with E-state index >= 15 is 0 Å². The maximum absolute atomic E-state index is 6.53. The van der Waals surface area contributed by atoms with Gasteiger partial charge in [-0.2, -0.15) is 0 Å². The smallest absolute Gasteiger partial charge is 0.137 e. The number of hydrogen-bond acceptors (Lipinski definition) is 3. The van der Waals surface area contributed by atoms with E-state index in [4.69, 9.17) is 4.42 Å². The number of fused-ring (bicyclic) bond motifs is 5. The van der Waals surface area contributed by atoms with E-state index in [1.54, 1.807) is 0 Å². The zero-order chi connectivity index (χ0) is 42.2. The van der Waals surface area contributed by atoms with Gasteiger partial charge < -0.3 is 14.2 Å². The van der Waals surface area contributed by atoms with Crippen LogP contribution in [0, 0.1) is 0 Å². The normalized spacial score (nSPS) is 13.0. The van der Waals surface area contributed by atoms with Crippen LogP contribution in [0.1, 0.15) is 0 Å². The van der Waals surface area contributed by atoms with Crippen LogP contribution in [0.4, 0.5) is 34.1 Å². The molecule has 300 valence electrons. The van der Waals surface area contributed by atoms with Gasteiger partial charge in [-0.1, -0.05) is 165 Å². The lowest BCUT2D eigenvalue weighted by Gasteiger charge is -2.36. The SMILES string of the molecule is C[Si](C)(C)c1ccc(N(c2ccccc2)c2ccc3c(c2)[Si](C)(C)c2cccc4c(N(c5ccc6c(c5)oc5ccccc56)c5ccccc5-c5ccccc5)ccc-3c24)cc1. The van der Waals surface area contributed by atoms with Gasteiger partial charge in [-0.15, -0.1) is 0 Å². The van der Waals surface area contributed by atoms with Crippen molar-refractivity contribution >= 4 is 98.5 Å². The summed E-state index contributed by atoms with van der Waals surface area (Å²) in [6, 6.07) is 73.7. The number of hydrogen-bond donors (Lipinski definition) is 0. The van der Waals surface area contributed by atoms with Crippen LogP contribution in [0.15, 0.2) is 205 Å². The zero-order valence-corrected chi connectivity index (χ0v) is 37.9. The molecule has 0 saturated heterocycles. The molecule has 9 aromatic carbocycles. The second-order valence-corrected chi connectivity index (χ2v) is 27.6. The number of benzene rings is 9. The van der Waals surface area contributed by atoms with E-state index in [2.05, 4.69) is 237 Å². The van der Waals surface area contributed by atoms with Crippen LogP contribution in [-0.4, -0.2) is 16.1 Å². The molecule has 10 aromatic rings. The molecule has 1 aromatic heterocycles. The maximum atomic E-state index is 6.53. The molecule has 0 unspecified atom stereocenters. The van der Waals surface area contributed by atoms with Crippen LogP contribution >= 0.6 is 0 Å². The Morgan fingerprint density at radius 1 is 0.403 bits per heavy atom. The molecule has 1 aliphatic rings. The molecule has 3 nitrogen and oxygen atoms in total. The summed E-state index contributed by atoms with van der Waals surface area (Å²) < 4.78 is 6.53. The first-order chi connectivity index (χ1) is 30.1. The Kier molecular flexibility index (Phi) is 8.97. The fourth-order valence-electron chi connectivity index (χ4n) is 9.83. The summed E-state index contributed by atoms with van der Waals surface area (Å²) in [4.78, 5) is 4.88. The van der Waals surface area contributed by atoms with E-state index in [1.165, 1.54) is 60.0 Å². The Hall–Kier alpha value is -6.93. The predicted molar refractivity (Wildman–Crippen MR) is 271 cm³/mol. The van der Waals surface area contributed by atoms with Crippen molar-refractivity contribution in [1.82, 2.24) is 0 Å². The zero-order valence-electron chi connectivity index (χ0n) is 35.9. The van der Waals surface area contributed by atoms with Crippen LogP contribution in [0.2, 0.25) is 32.7 Å². The molecule has 2 heterocycles. The molecule has 62 heavy (non-hydrogen) atoms. The standard InChI is InChI=1S/C57H48N2OSi2/c1-61(2,3)44-31-27-41(28-32-44)58(40-19-10-7-11-20-40)43-30-34-48-49-35-36-52(50-23-16-26-55(57(49)50)62(4,5)56(48)38-43)59(51-24-14-12-21-45(51)39-17-8-6-9-18-39)42-29-33-47-46-22-13-15-25-53(46)60-54(47)37-42/h6-38H,1-5H3. The highest BCUT2D eigenvalue weighted by molar-refractivity contribution is 7.03. The summed E-state index contributed by atoms with van der Waals surface area (Å²) in [6.07, 6.45) is 0. The largest absolute Gasteiger partial charge is 0.456 e. The predicted octanol–water partition coefficient (Wildman–Crippen LogP) is 14.7. The third-order valence-corrected chi connectivity index (χ3v) is 18.6. The Morgan fingerprint density at radius 3 is 1.81 bits per heavy atom. The lowest BCUT2D eigenvalue weighted by molar-refractivity contribution is 0.669. The summed E-state index contributed by atoms with van der Waals surface area (Å²) in [7, 11) is -3.72. The molecule has 0 saturated carbocycles. The molecule has 11 rings (SSSR count). The van der Waals surface area contributed by atoms with E-state index in [1.807, 2.05) is 6.07 Å². The van der Waals surface area contributed by atoms with Gasteiger partial charge in [0, 0.05) is 50.5 Å². The lowest BCUT2D eigenvalue weighted by atomic mass is 9.94. The number of para-hydroxylation sites is 3. The molecule has 0 radical (unpaired) electrons. The summed E-state index contributed by atoms with van der Waals surface area (Å²) in [6.45, 7) is 12.3. The summed E-state index contributed by atoms with van der Waals surface area (Å²) in [5.74, 6) is 0. The molecule has 1 aliphatic heterocycles. The third kappa shape index (κ3) is 6.22. The monoisotopic (exact) mass is 832 g/mol. The van der Waals surface area contributed by atoms with Gasteiger partial charge >= 0.3 is 0 Å². The van der Waals surface area contributed by atoms with Gasteiger partial charge in [-0.05, 0) is 99.2 Å². The van der Waals surface area contributed by atoms with E-state index in [-0.39, 0.29) is 0 Å². The minimum absolute atomic E-state index is 0.878. The molecule has 0 fully saturated rings. The lowest BCUT2D eigenvalue weighted by Crippen LogP contribution is -2.56. The Bertz CT molecular complexity index is 3310. The van der Waals surface area contributed by atoms with E-state index < -0.39 is 16.1 Å². The first kappa shape index (κ1) is 38.0. The average molecular weight is 833 g/mol. The molecule has 0 aliphatic carbocycles. The fourth-order valence-corrected chi connectivity index (χ4v) is 14.1. The molecule has 0 bridgehead atoms. The highest BCUT2D eigenvalue weighted by atomic mass is 28.3. The minimum atomic E-state index is -2.26. The van der Waals surface area contributed by atoms with Crippen molar-refractivity contribution in [3.8, 4) is 22.3 Å². The second kappa shape index (κ2) is 14.6. The van der Waals surface area contributed by atoms with Crippen molar-refractivity contribution in [3.05, 3.63) is 200 Å². The Balaban J connectivity index is 1.11. The molecule has 0 amide bonds. The minimum Gasteiger partial charge on any atom is -0.456 e. The van der Waals surface area contributed by atoms with Crippen LogP contribution in [-0.2, 0) is 0 Å². The maximum Gasteiger partial charge on any atom is 0.137 e. The van der Waals surface area contributed by atoms with Crippen molar-refractivity contribution in [2.75, 3.05) is 9.80 Å². The van der Waals surface area contributed by atoms with Gasteiger partial charge in [0.15, 0.2) is 0 Å². The topological polar surface area (TPSA) is 19.6 Å². The van der Waals surface area contributed by atoms with Gasteiger partial charge in [0.25, 0.3) is 0 Å². The van der Waals surface area contributed by atoms with Gasteiger partial charge in [-0.25, -0.2) is 0 Å². The summed E-state index contributed by atoms with van der Waals surface area (Å²) in [5.41, 5.74) is 13.6. The van der Waals surface area contributed by atoms with Crippen LogP contribution < -0.4 is 25.4 Å². The molecular formula is C57H48N2OSi2. The summed E-state index contributed by atoms with van der Waals surface area (Å²) in [5, 5.41) is 9.25. The van der Waals surface area contributed by atoms with Crippen LogP contribution in [0.5, 0.6) is 0 Å². The second-order valence-electron chi connectivity index (χ2n) is 18.2. The molecule has 0 atom stereocenters. The highest BCUT2D eigenvalue weighted by Gasteiger charge is 2.37. The van der Waals surface area contributed by atoms with E-state index in [9.17, 15) is 0 Å². The Labute approximate surface area is 366 Å². The van der Waals surface area contributed by atoms with Gasteiger partial charge in [0.05, 0.1) is 19.4 Å². The average Bonchev–Trinajstić information content (AvgIpc) is 3.67. The molecule has 0 spiro atoms. The molecular weight excluding hydrogens is 785 g/mol. The van der Waals surface area contributed by atoms with Crippen molar-refractivity contribution in [3.63, 3.8) is 0 Å². The van der Waals surface area contributed by atoms with Crippen LogP contribution in [0.25, 0.3) is 55.0 Å². The number of nitrogens with zero attached hydrogens (tertiary/aromatic N) is 2. The summed E-state index contributed by atoms with van der Waals surface area (Å²) >= 11 is 0. The van der Waals surface area contributed by atoms with E-state index in [0.717, 1.165) is 44.7 Å². The first-order valence-corrected chi connectivity index (χ1v) is 28.2. The number of rotatable bonds is 8. The van der Waals surface area contributed by atoms with Crippen molar-refractivity contribution in [1.29, 1.82) is 0 Å². The van der Waals surface area contributed by atoms with Crippen molar-refractivity contribution < 1.29 is 4.42 Å². The van der Waals surface area contributed by atoms with Crippen molar-refractivity contribution in [2.45, 2.75) is 32.7 Å². The van der Waals surface area contributed by atoms with E-state index in [0.29, 0.717) is 0 Å². The highest BCUT2D eigenvalue weighted by Crippen LogP contribution is 2.47. The quantitative estimate of drug-likeness (QED) is 0.142. The number of furan rings is 1. The molecule has 0 N–H and O–H groups in total. The van der Waals surface area contributed by atoms with Gasteiger partial charge in [-0.3, -0.25) is 0 Å². The van der Waals surface area contributed by atoms with Crippen LogP contribution in [0.3, 0.4) is 0 Å². The third-order valence-electron chi connectivity index (χ3n) is 13.0. The first-order valence-electron chi connectivity index (χ1n) is 21.7. The van der Waals surface area contributed by atoms with Crippen molar-refractivity contribution in [2.24, 2.45) is 0 Å². The van der Waals surface area contributed by atoms with Gasteiger partial charge in [0.2, 0.25) is 0 Å².